The van der Waals surface area contributed by atoms with Crippen molar-refractivity contribution in [1.29, 1.82) is 0 Å². The van der Waals surface area contributed by atoms with Crippen LogP contribution in [0.5, 0.6) is 5.75 Å². The number of anilines is 2. The first kappa shape index (κ1) is 47.2. The van der Waals surface area contributed by atoms with E-state index in [1.807, 2.05) is 0 Å². The Morgan fingerprint density at radius 3 is 1.72 bits per heavy atom. The minimum atomic E-state index is -4.38. The number of carbonyl (C=O) groups is 4. The van der Waals surface area contributed by atoms with Crippen molar-refractivity contribution >= 4 is 68.2 Å². The molecule has 0 heterocycles. The van der Waals surface area contributed by atoms with Gasteiger partial charge in [-0.15, -0.1) is 11.6 Å². The van der Waals surface area contributed by atoms with E-state index in [2.05, 4.69) is 17.0 Å². The fraction of sp³-hybridized carbons (Fsp3) is 0.488. The summed E-state index contributed by atoms with van der Waals surface area (Å²) >= 11 is 12.7. The quantitative estimate of drug-likeness (QED) is 0.0251. The lowest BCUT2D eigenvalue weighted by molar-refractivity contribution is -0.115. The van der Waals surface area contributed by atoms with Crippen LogP contribution < -0.4 is 14.8 Å². The highest BCUT2D eigenvalue weighted by Gasteiger charge is 2.29. The molecule has 0 unspecified atom stereocenters. The van der Waals surface area contributed by atoms with Gasteiger partial charge in [0.05, 0.1) is 58.8 Å². The summed E-state index contributed by atoms with van der Waals surface area (Å²) in [6, 6.07) is 13.6. The van der Waals surface area contributed by atoms with E-state index in [1.54, 1.807) is 18.2 Å². The number of unbranched alkanes of at least 4 members (excludes halogenated alkanes) is 15. The van der Waals surface area contributed by atoms with Gasteiger partial charge < -0.3 is 19.5 Å². The number of rotatable bonds is 27. The monoisotopic (exact) mass is 846 g/mol. The number of Topliss-reactive ketones (excluding diaryl/α,β-unsaturated/α-hetero) is 1. The number of hydrogen-bond acceptors (Lipinski definition) is 9. The molecular formula is C43H56Cl2N2O9S. The molecule has 0 aromatic heterocycles. The van der Waals surface area contributed by atoms with Crippen molar-refractivity contribution < 1.29 is 41.8 Å². The highest BCUT2D eigenvalue weighted by molar-refractivity contribution is 7.92. The Morgan fingerprint density at radius 1 is 0.684 bits per heavy atom. The van der Waals surface area contributed by atoms with E-state index in [1.165, 1.54) is 120 Å². The molecule has 0 aliphatic rings. The van der Waals surface area contributed by atoms with Crippen molar-refractivity contribution in [3.05, 3.63) is 82.4 Å². The summed E-state index contributed by atoms with van der Waals surface area (Å²) in [6.45, 7) is 2.66. The lowest BCUT2D eigenvalue weighted by atomic mass is 10.0. The van der Waals surface area contributed by atoms with Crippen LogP contribution in [0.15, 0.2) is 65.6 Å². The molecule has 1 amide bonds. The second-order valence-electron chi connectivity index (χ2n) is 13.9. The van der Waals surface area contributed by atoms with Gasteiger partial charge in [0.25, 0.3) is 15.9 Å². The normalized spacial score (nSPS) is 11.7. The van der Waals surface area contributed by atoms with Gasteiger partial charge >= 0.3 is 11.9 Å². The summed E-state index contributed by atoms with van der Waals surface area (Å²) in [5, 5.41) is 0.721. The van der Waals surface area contributed by atoms with E-state index in [0.29, 0.717) is 12.4 Å². The first-order valence-corrected chi connectivity index (χ1v) is 22.1. The van der Waals surface area contributed by atoms with Gasteiger partial charge in [0, 0.05) is 0 Å². The number of benzene rings is 3. The Morgan fingerprint density at radius 2 is 1.19 bits per heavy atom. The van der Waals surface area contributed by atoms with Crippen LogP contribution in [-0.4, -0.2) is 58.3 Å². The summed E-state index contributed by atoms with van der Waals surface area (Å²) in [5.41, 5.74) is -0.342. The highest BCUT2D eigenvalue weighted by Crippen LogP contribution is 2.29. The predicted molar refractivity (Wildman–Crippen MR) is 225 cm³/mol. The van der Waals surface area contributed by atoms with Crippen molar-refractivity contribution in [2.45, 2.75) is 120 Å². The topological polar surface area (TPSA) is 154 Å². The number of esters is 2. The van der Waals surface area contributed by atoms with Crippen LogP contribution in [0.3, 0.4) is 0 Å². The average Bonchev–Trinajstić information content (AvgIpc) is 3.21. The summed E-state index contributed by atoms with van der Waals surface area (Å²) in [4.78, 5) is 50.6. The van der Waals surface area contributed by atoms with Crippen LogP contribution in [0.4, 0.5) is 11.4 Å². The van der Waals surface area contributed by atoms with Gasteiger partial charge in [0.1, 0.15) is 5.75 Å². The number of alkyl halides is 1. The Hall–Kier alpha value is -4.13. The predicted octanol–water partition coefficient (Wildman–Crippen LogP) is 10.8. The van der Waals surface area contributed by atoms with Gasteiger partial charge in [-0.3, -0.25) is 14.3 Å². The average molecular weight is 848 g/mol. The molecule has 312 valence electrons. The molecular weight excluding hydrogens is 791 g/mol. The number of methoxy groups -OCH3 is 2. The number of halogens is 2. The van der Waals surface area contributed by atoms with Crippen LogP contribution >= 0.6 is 23.2 Å². The van der Waals surface area contributed by atoms with E-state index >= 15 is 0 Å². The molecule has 14 heteroatoms. The van der Waals surface area contributed by atoms with Gasteiger partial charge in [-0.2, -0.15) is 0 Å². The summed E-state index contributed by atoms with van der Waals surface area (Å²) in [6.07, 6.45) is 20.2. The molecule has 0 radical (unpaired) electrons. The SMILES string of the molecule is CCCCCCCCCCCCCCCCCCOc1ccccc1C(=O)[C@H](Cl)C(=O)Nc1cc(S(=O)(=O)Nc2cc(C(=O)OC)cc(C(=O)OC)c2)ccc1Cl. The van der Waals surface area contributed by atoms with E-state index in [-0.39, 0.29) is 38.0 Å². The zero-order valence-corrected chi connectivity index (χ0v) is 35.5. The Bertz CT molecular complexity index is 1850. The third-order valence-corrected chi connectivity index (χ3v) is 11.5. The number of ether oxygens (including phenoxy) is 3. The fourth-order valence-corrected chi connectivity index (χ4v) is 7.62. The minimum Gasteiger partial charge on any atom is -0.493 e. The molecule has 57 heavy (non-hydrogen) atoms. The molecule has 0 bridgehead atoms. The molecule has 3 aromatic rings. The van der Waals surface area contributed by atoms with Gasteiger partial charge in [-0.25, -0.2) is 18.0 Å². The van der Waals surface area contributed by atoms with E-state index in [9.17, 15) is 27.6 Å². The maximum Gasteiger partial charge on any atom is 0.337 e. The van der Waals surface area contributed by atoms with E-state index in [4.69, 9.17) is 37.4 Å². The molecule has 0 aliphatic carbocycles. The number of nitrogens with one attached hydrogen (secondary N) is 2. The number of hydrogen-bond donors (Lipinski definition) is 2. The van der Waals surface area contributed by atoms with Crippen molar-refractivity contribution in [3.63, 3.8) is 0 Å². The van der Waals surface area contributed by atoms with Gasteiger partial charge in [-0.1, -0.05) is 127 Å². The van der Waals surface area contributed by atoms with Crippen LogP contribution in [0.2, 0.25) is 5.02 Å². The Labute approximate surface area is 347 Å². The molecule has 0 fully saturated rings. The first-order chi connectivity index (χ1) is 27.4. The van der Waals surface area contributed by atoms with Crippen molar-refractivity contribution in [2.24, 2.45) is 0 Å². The summed E-state index contributed by atoms with van der Waals surface area (Å²) in [7, 11) is -2.11. The number of sulfonamides is 1. The molecule has 11 nitrogen and oxygen atoms in total. The minimum absolute atomic E-state index is 0.0261. The number of amides is 1. The van der Waals surface area contributed by atoms with Crippen LogP contribution in [0.25, 0.3) is 0 Å². The molecule has 1 atom stereocenters. The van der Waals surface area contributed by atoms with E-state index < -0.39 is 39.0 Å². The maximum atomic E-state index is 13.4. The molecule has 3 rings (SSSR count). The third-order valence-electron chi connectivity index (χ3n) is 9.40. The third kappa shape index (κ3) is 16.0. The summed E-state index contributed by atoms with van der Waals surface area (Å²) in [5.74, 6) is -2.96. The highest BCUT2D eigenvalue weighted by atomic mass is 35.5. The zero-order chi connectivity index (χ0) is 41.6. The molecule has 3 aromatic carbocycles. The molecule has 0 saturated carbocycles. The van der Waals surface area contributed by atoms with Gasteiger partial charge in [0.15, 0.2) is 11.2 Å². The smallest absolute Gasteiger partial charge is 0.337 e. The standard InChI is InChI=1S/C43H56Cl2N2O9S/c1-4-5-6-7-8-9-10-11-12-13-14-15-16-17-18-21-26-56-38-23-20-19-22-35(38)40(48)39(45)41(49)46-37-30-34(24-25-36(37)44)57(52,53)47-33-28-31(42(50)54-2)27-32(29-33)43(51)55-3/h19-20,22-25,27-30,39,47H,4-18,21,26H2,1-3H3,(H,46,49)/t39-/m0/s1. The number of ketones is 1. The largest absolute Gasteiger partial charge is 0.493 e. The molecule has 0 saturated heterocycles. The Kier molecular flexibility index (Phi) is 21.0. The van der Waals surface area contributed by atoms with Gasteiger partial charge in [-0.05, 0) is 55.0 Å². The van der Waals surface area contributed by atoms with Crippen LogP contribution in [0.1, 0.15) is 141 Å². The first-order valence-electron chi connectivity index (χ1n) is 19.8. The fourth-order valence-electron chi connectivity index (χ4n) is 6.22. The van der Waals surface area contributed by atoms with Gasteiger partial charge in [0.2, 0.25) is 0 Å². The molecule has 0 spiro atoms. The van der Waals surface area contributed by atoms with Crippen LogP contribution in [0, 0.1) is 0 Å². The lowest BCUT2D eigenvalue weighted by Crippen LogP contribution is -2.31. The van der Waals surface area contributed by atoms with Crippen LogP contribution in [-0.2, 0) is 24.3 Å². The number of para-hydroxylation sites is 1. The van der Waals surface area contributed by atoms with Crippen molar-refractivity contribution in [2.75, 3.05) is 30.9 Å². The lowest BCUT2D eigenvalue weighted by Gasteiger charge is -2.15. The second-order valence-corrected chi connectivity index (χ2v) is 16.4. The summed E-state index contributed by atoms with van der Waals surface area (Å²) < 4.78 is 44.4. The van der Waals surface area contributed by atoms with Crippen molar-refractivity contribution in [3.8, 4) is 5.75 Å². The molecule has 2 N–H and O–H groups in total. The maximum absolute atomic E-state index is 13.4. The Balaban J connectivity index is 1.50. The zero-order valence-electron chi connectivity index (χ0n) is 33.2. The number of carbonyl (C=O) groups excluding carboxylic acids is 4. The molecule has 0 aliphatic heterocycles. The van der Waals surface area contributed by atoms with Crippen molar-refractivity contribution in [1.82, 2.24) is 0 Å². The van der Waals surface area contributed by atoms with E-state index in [0.717, 1.165) is 39.5 Å². The second kappa shape index (κ2) is 25.3.